The molecule has 1 rings (SSSR count). The van der Waals surface area contributed by atoms with Crippen LogP contribution < -0.4 is 5.32 Å². The quantitative estimate of drug-likeness (QED) is 0.753. The molecule has 1 atom stereocenters. The van der Waals surface area contributed by atoms with Crippen LogP contribution in [0.2, 0.25) is 0 Å². The first-order valence-electron chi connectivity index (χ1n) is 6.59. The van der Waals surface area contributed by atoms with Crippen LogP contribution in [0.15, 0.2) is 24.3 Å². The molecule has 0 aliphatic carbocycles. The molecule has 1 N–H and O–H groups in total. The number of hydrogen-bond donors (Lipinski definition) is 1. The van der Waals surface area contributed by atoms with E-state index >= 15 is 0 Å². The Hall–Kier alpha value is -1.35. The average molecular weight is 248 g/mol. The predicted molar refractivity (Wildman–Crippen MR) is 77.3 cm³/mol. The van der Waals surface area contributed by atoms with E-state index in [0.717, 1.165) is 24.3 Å². The van der Waals surface area contributed by atoms with Gasteiger partial charge in [-0.1, -0.05) is 6.92 Å². The third kappa shape index (κ3) is 4.49. The first kappa shape index (κ1) is 14.7. The molecule has 0 aromatic heterocycles. The molecule has 0 aliphatic rings. The number of carbonyl (C=O) groups excluding carboxylic acids is 1. The van der Waals surface area contributed by atoms with Crippen molar-refractivity contribution < 1.29 is 4.79 Å². The highest BCUT2D eigenvalue weighted by atomic mass is 16.1. The van der Waals surface area contributed by atoms with Gasteiger partial charge in [0.05, 0.1) is 0 Å². The van der Waals surface area contributed by atoms with Gasteiger partial charge in [0.15, 0.2) is 5.78 Å². The van der Waals surface area contributed by atoms with Crippen LogP contribution >= 0.6 is 0 Å². The van der Waals surface area contributed by atoms with Crippen molar-refractivity contribution in [2.75, 3.05) is 25.5 Å². The lowest BCUT2D eigenvalue weighted by Crippen LogP contribution is -2.32. The largest absolute Gasteiger partial charge is 0.384 e. The van der Waals surface area contributed by atoms with E-state index in [9.17, 15) is 4.79 Å². The number of benzene rings is 1. The Kier molecular flexibility index (Phi) is 5.86. The van der Waals surface area contributed by atoms with Crippen LogP contribution in [0.4, 0.5) is 5.69 Å². The minimum Gasteiger partial charge on any atom is -0.384 e. The van der Waals surface area contributed by atoms with Crippen molar-refractivity contribution in [2.45, 2.75) is 33.2 Å². The van der Waals surface area contributed by atoms with Gasteiger partial charge in [-0.15, -0.1) is 0 Å². The number of likely N-dealkylation sites (N-methyl/N-ethyl adjacent to an activating group) is 1. The van der Waals surface area contributed by atoms with E-state index in [2.05, 4.69) is 31.1 Å². The van der Waals surface area contributed by atoms with Crippen LogP contribution in [-0.2, 0) is 0 Å². The van der Waals surface area contributed by atoms with Gasteiger partial charge in [-0.3, -0.25) is 4.79 Å². The lowest BCUT2D eigenvalue weighted by Gasteiger charge is -2.23. The van der Waals surface area contributed by atoms with Gasteiger partial charge < -0.3 is 10.2 Å². The van der Waals surface area contributed by atoms with Crippen molar-refractivity contribution in [2.24, 2.45) is 0 Å². The molecule has 0 saturated carbocycles. The summed E-state index contributed by atoms with van der Waals surface area (Å²) < 4.78 is 0. The second-order valence-electron chi connectivity index (χ2n) is 4.80. The highest BCUT2D eigenvalue weighted by Gasteiger charge is 2.05. The van der Waals surface area contributed by atoms with E-state index in [1.54, 1.807) is 6.92 Å². The van der Waals surface area contributed by atoms with E-state index in [1.165, 1.54) is 6.42 Å². The summed E-state index contributed by atoms with van der Waals surface area (Å²) in [5.74, 6) is 0.109. The molecule has 0 spiro atoms. The minimum absolute atomic E-state index is 0.109. The Balaban J connectivity index is 2.38. The number of nitrogens with zero attached hydrogens (tertiary/aromatic N) is 1. The van der Waals surface area contributed by atoms with E-state index in [-0.39, 0.29) is 5.78 Å². The van der Waals surface area contributed by atoms with Crippen LogP contribution in [0.25, 0.3) is 0 Å². The monoisotopic (exact) mass is 248 g/mol. The predicted octanol–water partition coefficient (Wildman–Crippen LogP) is 3.03. The van der Waals surface area contributed by atoms with Gasteiger partial charge in [0.25, 0.3) is 0 Å². The summed E-state index contributed by atoms with van der Waals surface area (Å²) in [4.78, 5) is 13.5. The number of Topliss-reactive ketones (excluding diaryl/α,β-unsaturated/α-hetero) is 1. The van der Waals surface area contributed by atoms with Crippen LogP contribution in [-0.4, -0.2) is 36.9 Å². The average Bonchev–Trinajstić information content (AvgIpc) is 2.38. The Morgan fingerprint density at radius 2 is 1.94 bits per heavy atom. The molecular weight excluding hydrogens is 224 g/mol. The molecule has 0 fully saturated rings. The molecule has 3 nitrogen and oxygen atoms in total. The highest BCUT2D eigenvalue weighted by Crippen LogP contribution is 2.09. The van der Waals surface area contributed by atoms with Gasteiger partial charge in [-0.2, -0.15) is 0 Å². The fourth-order valence-corrected chi connectivity index (χ4v) is 1.73. The normalized spacial score (nSPS) is 12.5. The summed E-state index contributed by atoms with van der Waals surface area (Å²) in [6.45, 7) is 7.96. The molecule has 0 amide bonds. The number of carbonyl (C=O) groups is 1. The zero-order chi connectivity index (χ0) is 13.5. The fourth-order valence-electron chi connectivity index (χ4n) is 1.73. The van der Waals surface area contributed by atoms with E-state index in [1.807, 2.05) is 24.3 Å². The molecule has 1 aromatic rings. The van der Waals surface area contributed by atoms with Gasteiger partial charge in [0, 0.05) is 30.4 Å². The summed E-state index contributed by atoms with van der Waals surface area (Å²) in [7, 11) is 2.15. The van der Waals surface area contributed by atoms with E-state index in [4.69, 9.17) is 0 Å². The lowest BCUT2D eigenvalue weighted by molar-refractivity contribution is 0.101. The molecule has 3 heteroatoms. The number of ketones is 1. The van der Waals surface area contributed by atoms with Crippen LogP contribution in [0.3, 0.4) is 0 Å². The maximum absolute atomic E-state index is 11.1. The summed E-state index contributed by atoms with van der Waals surface area (Å²) in [5, 5.41) is 3.37. The number of nitrogens with one attached hydrogen (secondary N) is 1. The zero-order valence-electron chi connectivity index (χ0n) is 11.9. The lowest BCUT2D eigenvalue weighted by atomic mass is 10.1. The van der Waals surface area contributed by atoms with Gasteiger partial charge >= 0.3 is 0 Å². The Morgan fingerprint density at radius 3 is 2.44 bits per heavy atom. The molecule has 1 aromatic carbocycles. The minimum atomic E-state index is 0.109. The second kappa shape index (κ2) is 7.17. The molecule has 0 saturated heterocycles. The third-order valence-corrected chi connectivity index (χ3v) is 3.43. The topological polar surface area (TPSA) is 32.3 Å². The Labute approximate surface area is 110 Å². The molecule has 100 valence electrons. The highest BCUT2D eigenvalue weighted by molar-refractivity contribution is 5.94. The van der Waals surface area contributed by atoms with Crippen molar-refractivity contribution in [3.05, 3.63) is 29.8 Å². The van der Waals surface area contributed by atoms with Gasteiger partial charge in [0.1, 0.15) is 0 Å². The smallest absolute Gasteiger partial charge is 0.159 e. The Morgan fingerprint density at radius 1 is 1.33 bits per heavy atom. The van der Waals surface area contributed by atoms with Crippen molar-refractivity contribution in [3.63, 3.8) is 0 Å². The number of hydrogen-bond acceptors (Lipinski definition) is 3. The van der Waals surface area contributed by atoms with E-state index in [0.29, 0.717) is 6.04 Å². The second-order valence-corrected chi connectivity index (χ2v) is 4.80. The number of anilines is 1. The molecule has 1 unspecified atom stereocenters. The summed E-state index contributed by atoms with van der Waals surface area (Å²) in [6.07, 6.45) is 1.17. The van der Waals surface area contributed by atoms with Crippen molar-refractivity contribution in [3.8, 4) is 0 Å². The molecular formula is C15H24N2O. The first-order chi connectivity index (χ1) is 8.54. The summed E-state index contributed by atoms with van der Waals surface area (Å²) in [5.41, 5.74) is 1.83. The summed E-state index contributed by atoms with van der Waals surface area (Å²) >= 11 is 0. The van der Waals surface area contributed by atoms with Gasteiger partial charge in [-0.05, 0) is 51.6 Å². The number of rotatable bonds is 7. The molecule has 0 radical (unpaired) electrons. The SMILES string of the molecule is CCC(C)N(C)CCNc1ccc(C(C)=O)cc1. The van der Waals surface area contributed by atoms with E-state index < -0.39 is 0 Å². The van der Waals surface area contributed by atoms with Crippen molar-refractivity contribution >= 4 is 11.5 Å². The van der Waals surface area contributed by atoms with Gasteiger partial charge in [0.2, 0.25) is 0 Å². The third-order valence-electron chi connectivity index (χ3n) is 3.43. The maximum atomic E-state index is 11.1. The molecule has 18 heavy (non-hydrogen) atoms. The zero-order valence-corrected chi connectivity index (χ0v) is 11.9. The van der Waals surface area contributed by atoms with Crippen molar-refractivity contribution in [1.29, 1.82) is 0 Å². The fraction of sp³-hybridized carbons (Fsp3) is 0.533. The Bertz CT molecular complexity index is 373. The summed E-state index contributed by atoms with van der Waals surface area (Å²) in [6, 6.07) is 8.26. The van der Waals surface area contributed by atoms with Crippen LogP contribution in [0.1, 0.15) is 37.6 Å². The molecule has 0 aliphatic heterocycles. The first-order valence-corrected chi connectivity index (χ1v) is 6.59. The van der Waals surface area contributed by atoms with Crippen molar-refractivity contribution in [1.82, 2.24) is 4.90 Å². The van der Waals surface area contributed by atoms with Crippen LogP contribution in [0.5, 0.6) is 0 Å². The van der Waals surface area contributed by atoms with Crippen LogP contribution in [0, 0.1) is 0 Å². The molecule has 0 heterocycles. The van der Waals surface area contributed by atoms with Gasteiger partial charge in [-0.25, -0.2) is 0 Å². The standard InChI is InChI=1S/C15H24N2O/c1-5-12(2)17(4)11-10-16-15-8-6-14(7-9-15)13(3)18/h6-9,12,16H,5,10-11H2,1-4H3. The maximum Gasteiger partial charge on any atom is 0.159 e. The molecule has 0 bridgehead atoms.